The molecule has 65 heavy (non-hydrogen) atoms. The smallest absolute Gasteiger partial charge is 0.324 e. The van der Waals surface area contributed by atoms with Crippen molar-refractivity contribution in [2.75, 3.05) is 46.9 Å². The van der Waals surface area contributed by atoms with Crippen LogP contribution in [0.1, 0.15) is 89.6 Å². The van der Waals surface area contributed by atoms with Gasteiger partial charge in [-0.05, 0) is 81.7 Å². The van der Waals surface area contributed by atoms with Crippen LogP contribution in [0.25, 0.3) is 33.4 Å². The third-order valence-corrected chi connectivity index (χ3v) is 14.6. The SMILES string of the molecule is CCn1c(-c2cccnc2[C@H](C)OC)c2c3cc(ccc31)-c1csc(n1)C[C@H](NC(=O)C(C(C)C)N(C)C(=O)N1CC[C@@]3(CCNC3=O)C1)C(=O)N1CCC[C@H](N1)C(=O)OCC(C)(C)C2. The van der Waals surface area contributed by atoms with Crippen molar-refractivity contribution in [3.05, 3.63) is 58.2 Å². The monoisotopic (exact) mass is 909 g/mol. The minimum atomic E-state index is -1.08. The predicted molar refractivity (Wildman–Crippen MR) is 247 cm³/mol. The number of pyridine rings is 1. The summed E-state index contributed by atoms with van der Waals surface area (Å²) in [5.41, 5.74) is 8.68. The molecular weight excluding hydrogens is 847 g/mol. The number of thiazole rings is 1. The van der Waals surface area contributed by atoms with Crippen LogP contribution in [0.15, 0.2) is 41.9 Å². The van der Waals surface area contributed by atoms with Crippen molar-refractivity contribution in [1.29, 1.82) is 0 Å². The van der Waals surface area contributed by atoms with Gasteiger partial charge in [0.05, 0.1) is 40.2 Å². The molecule has 17 heteroatoms. The maximum absolute atomic E-state index is 14.6. The van der Waals surface area contributed by atoms with Gasteiger partial charge in [0, 0.05) is 92.3 Å². The van der Waals surface area contributed by atoms with Crippen LogP contribution in [0, 0.1) is 16.7 Å². The molecule has 3 N–H and O–H groups in total. The van der Waals surface area contributed by atoms with Crippen LogP contribution in [-0.4, -0.2) is 124 Å². The van der Waals surface area contributed by atoms with Gasteiger partial charge in [-0.15, -0.1) is 11.3 Å². The molecule has 0 saturated carbocycles. The molecule has 1 spiro atoms. The number of rotatable bonds is 8. The molecule has 5 atom stereocenters. The molecule has 4 aliphatic rings. The van der Waals surface area contributed by atoms with Gasteiger partial charge in [-0.2, -0.15) is 0 Å². The number of benzene rings is 1. The Morgan fingerprint density at radius 3 is 2.65 bits per heavy atom. The number of carbonyl (C=O) groups excluding carboxylic acids is 5. The minimum absolute atomic E-state index is 0.0310. The van der Waals surface area contributed by atoms with Gasteiger partial charge in [0.1, 0.15) is 18.1 Å². The average molecular weight is 910 g/mol. The summed E-state index contributed by atoms with van der Waals surface area (Å²) in [4.78, 5) is 82.7. The topological polar surface area (TPSA) is 180 Å². The van der Waals surface area contributed by atoms with Crippen LogP contribution in [-0.2, 0) is 48.0 Å². The Labute approximate surface area is 384 Å². The van der Waals surface area contributed by atoms with Gasteiger partial charge in [0.15, 0.2) is 0 Å². The number of carbonyl (C=O) groups is 5. The van der Waals surface area contributed by atoms with Crippen LogP contribution in [0.4, 0.5) is 4.79 Å². The molecule has 8 rings (SSSR count). The van der Waals surface area contributed by atoms with Crippen molar-refractivity contribution >= 4 is 52.0 Å². The standard InChI is InChI=1S/C48H63N9O7S/c1-9-56-37-15-14-30-22-32(37)33(41(56)31-12-10-18-49-39(31)29(4)63-8)24-47(5,6)27-64-44(60)34-13-11-20-57(53-34)43(59)35(23-38-51-36(30)25-65-38)52-42(58)40(28(2)3)54(7)46(62)55-21-17-48(26-55)16-19-50-45(48)61/h10,12,14-15,18,22,25,28-29,34-35,40,53H,9,11,13,16-17,19-21,23-24,26-27H2,1-8H3,(H,50,61)(H,52,58)/t29-,34-,35-,40?,48-/m0/s1. The molecule has 16 nitrogen and oxygen atoms in total. The average Bonchev–Trinajstić information content (AvgIpc) is 4.10. The summed E-state index contributed by atoms with van der Waals surface area (Å²) in [6, 6.07) is 7.28. The maximum atomic E-state index is 14.6. The van der Waals surface area contributed by atoms with E-state index in [1.807, 2.05) is 32.2 Å². The fourth-order valence-electron chi connectivity index (χ4n) is 10.2. The minimum Gasteiger partial charge on any atom is -0.464 e. The van der Waals surface area contributed by atoms with Crippen LogP contribution < -0.4 is 16.1 Å². The van der Waals surface area contributed by atoms with E-state index in [1.54, 1.807) is 25.3 Å². The van der Waals surface area contributed by atoms with Gasteiger partial charge in [-0.1, -0.05) is 33.8 Å². The molecule has 5 amide bonds. The molecule has 3 fully saturated rings. The van der Waals surface area contributed by atoms with E-state index in [9.17, 15) is 24.0 Å². The molecule has 0 aliphatic carbocycles. The number of aromatic nitrogens is 3. The molecular formula is C48H63N9O7S. The molecule has 3 saturated heterocycles. The number of likely N-dealkylation sites (tertiary alicyclic amines) is 1. The first-order valence-corrected chi connectivity index (χ1v) is 23.8. The molecule has 1 unspecified atom stereocenters. The van der Waals surface area contributed by atoms with E-state index >= 15 is 0 Å². The molecule has 4 aliphatic heterocycles. The fraction of sp³-hybridized carbons (Fsp3) is 0.562. The summed E-state index contributed by atoms with van der Waals surface area (Å²) in [5.74, 6) is -1.71. The van der Waals surface area contributed by atoms with E-state index < -0.39 is 46.7 Å². The predicted octanol–water partition coefficient (Wildman–Crippen LogP) is 5.49. The Kier molecular flexibility index (Phi) is 13.1. The van der Waals surface area contributed by atoms with Crippen molar-refractivity contribution in [1.82, 2.24) is 45.4 Å². The van der Waals surface area contributed by atoms with Gasteiger partial charge in [0.25, 0.3) is 5.91 Å². The molecule has 3 aromatic heterocycles. The first-order chi connectivity index (χ1) is 31.0. The number of nitrogens with one attached hydrogen (secondary N) is 3. The van der Waals surface area contributed by atoms with Crippen LogP contribution in [0.2, 0.25) is 0 Å². The summed E-state index contributed by atoms with van der Waals surface area (Å²) in [5, 5.41) is 11.0. The Hall–Kier alpha value is -5.39. The zero-order valence-electron chi connectivity index (χ0n) is 38.9. The lowest BCUT2D eigenvalue weighted by Gasteiger charge is -2.37. The lowest BCUT2D eigenvalue weighted by atomic mass is 9.84. The van der Waals surface area contributed by atoms with Crippen molar-refractivity contribution < 1.29 is 33.4 Å². The second kappa shape index (κ2) is 18.5. The number of likely N-dealkylation sites (N-methyl/N-ethyl adjacent to an activating group) is 1. The highest BCUT2D eigenvalue weighted by atomic mass is 32.1. The Bertz CT molecular complexity index is 2480. The number of cyclic esters (lactones) is 1. The van der Waals surface area contributed by atoms with Gasteiger partial charge in [-0.25, -0.2) is 15.2 Å². The lowest BCUT2D eigenvalue weighted by molar-refractivity contribution is -0.155. The molecule has 4 aromatic rings. The van der Waals surface area contributed by atoms with Crippen molar-refractivity contribution in [3.8, 4) is 22.5 Å². The number of urea groups is 1. The largest absolute Gasteiger partial charge is 0.464 e. The number of methoxy groups -OCH3 is 1. The summed E-state index contributed by atoms with van der Waals surface area (Å²) in [7, 11) is 3.29. The lowest BCUT2D eigenvalue weighted by Crippen LogP contribution is -2.62. The number of hydrogen-bond donors (Lipinski definition) is 3. The number of nitrogens with zero attached hydrogens (tertiary/aromatic N) is 6. The number of fused-ring (bicyclic) bond motifs is 6. The summed E-state index contributed by atoms with van der Waals surface area (Å²) in [6.07, 6.45) is 4.44. The molecule has 0 radical (unpaired) electrons. The number of aryl methyl sites for hydroxylation is 1. The summed E-state index contributed by atoms with van der Waals surface area (Å²) < 4.78 is 14.2. The summed E-state index contributed by atoms with van der Waals surface area (Å²) >= 11 is 1.41. The van der Waals surface area contributed by atoms with E-state index in [2.05, 4.69) is 65.7 Å². The molecule has 348 valence electrons. The fourth-order valence-corrected chi connectivity index (χ4v) is 11.1. The first-order valence-electron chi connectivity index (χ1n) is 23.0. The van der Waals surface area contributed by atoms with E-state index in [1.165, 1.54) is 21.2 Å². The third-order valence-electron chi connectivity index (χ3n) is 13.8. The van der Waals surface area contributed by atoms with Crippen LogP contribution in [0.3, 0.4) is 0 Å². The highest BCUT2D eigenvalue weighted by Crippen LogP contribution is 2.42. The Morgan fingerprint density at radius 1 is 1.12 bits per heavy atom. The maximum Gasteiger partial charge on any atom is 0.324 e. The van der Waals surface area contributed by atoms with E-state index in [0.29, 0.717) is 69.8 Å². The second-order valence-corrected chi connectivity index (χ2v) is 20.3. The van der Waals surface area contributed by atoms with Crippen molar-refractivity contribution in [2.45, 2.75) is 111 Å². The molecule has 6 bridgehead atoms. The molecule has 1 aromatic carbocycles. The number of esters is 1. The highest BCUT2D eigenvalue weighted by Gasteiger charge is 2.50. The number of ether oxygens (including phenoxy) is 2. The first kappa shape index (κ1) is 46.2. The zero-order chi connectivity index (χ0) is 46.4. The van der Waals surface area contributed by atoms with Gasteiger partial charge < -0.3 is 34.5 Å². The zero-order valence-corrected chi connectivity index (χ0v) is 39.7. The summed E-state index contributed by atoms with van der Waals surface area (Å²) in [6.45, 7) is 14.5. The number of hydrazine groups is 1. The second-order valence-electron chi connectivity index (χ2n) is 19.3. The number of hydrogen-bond acceptors (Lipinski definition) is 11. The quantitative estimate of drug-likeness (QED) is 0.192. The van der Waals surface area contributed by atoms with Gasteiger partial charge >= 0.3 is 12.0 Å². The Morgan fingerprint density at radius 2 is 1.92 bits per heavy atom. The van der Waals surface area contributed by atoms with Crippen molar-refractivity contribution in [3.63, 3.8) is 0 Å². The highest BCUT2D eigenvalue weighted by molar-refractivity contribution is 7.10. The Balaban J connectivity index is 1.15. The van der Waals surface area contributed by atoms with Gasteiger partial charge in [-0.3, -0.25) is 29.2 Å². The van der Waals surface area contributed by atoms with Crippen LogP contribution in [0.5, 0.6) is 0 Å². The van der Waals surface area contributed by atoms with Gasteiger partial charge in [0.2, 0.25) is 11.8 Å². The molecule has 7 heterocycles. The van der Waals surface area contributed by atoms with Crippen molar-refractivity contribution in [2.24, 2.45) is 16.7 Å². The third kappa shape index (κ3) is 8.98. The van der Waals surface area contributed by atoms with E-state index in [4.69, 9.17) is 19.4 Å². The normalized spacial score (nSPS) is 23.4. The van der Waals surface area contributed by atoms with E-state index in [-0.39, 0.29) is 37.0 Å². The number of amides is 5. The van der Waals surface area contributed by atoms with E-state index in [0.717, 1.165) is 44.7 Å². The van der Waals surface area contributed by atoms with Crippen LogP contribution >= 0.6 is 11.3 Å².